The van der Waals surface area contributed by atoms with E-state index in [1.54, 1.807) is 23.1 Å². The second-order valence-corrected chi connectivity index (χ2v) is 10.4. The van der Waals surface area contributed by atoms with Gasteiger partial charge < -0.3 is 4.74 Å². The predicted molar refractivity (Wildman–Crippen MR) is 142 cm³/mol. The number of carbonyl (C=O) groups excluding carboxylic acids is 1. The van der Waals surface area contributed by atoms with Crippen LogP contribution in [0.25, 0.3) is 6.08 Å². The normalized spacial score (nSPS) is 15.0. The number of thioether (sulfide) groups is 1. The average Bonchev–Trinajstić information content (AvgIpc) is 3.02. The molecule has 0 spiro atoms. The van der Waals surface area contributed by atoms with Crippen LogP contribution in [0.3, 0.4) is 0 Å². The zero-order valence-electron chi connectivity index (χ0n) is 16.8. The first-order chi connectivity index (χ1) is 15.3. The van der Waals surface area contributed by atoms with E-state index in [-0.39, 0.29) is 12.5 Å². The van der Waals surface area contributed by atoms with Crippen molar-refractivity contribution in [3.8, 4) is 5.75 Å². The third-order valence-electron chi connectivity index (χ3n) is 4.81. The van der Waals surface area contributed by atoms with Gasteiger partial charge in [-0.05, 0) is 55.0 Å². The summed E-state index contributed by atoms with van der Waals surface area (Å²) in [5.41, 5.74) is 3.35. The summed E-state index contributed by atoms with van der Waals surface area (Å²) < 4.78 is 7.41. The van der Waals surface area contributed by atoms with E-state index in [1.807, 2.05) is 55.5 Å². The molecule has 8 heteroatoms. The van der Waals surface area contributed by atoms with E-state index in [4.69, 9.17) is 40.2 Å². The Morgan fingerprint density at radius 2 is 1.91 bits per heavy atom. The number of hydrogen-bond donors (Lipinski definition) is 0. The molecule has 1 saturated heterocycles. The summed E-state index contributed by atoms with van der Waals surface area (Å²) in [6, 6.07) is 18.6. The average molecular weight is 565 g/mol. The number of para-hydroxylation sites is 1. The van der Waals surface area contributed by atoms with Crippen LogP contribution in [0.4, 0.5) is 5.69 Å². The van der Waals surface area contributed by atoms with Crippen LogP contribution in [0.2, 0.25) is 10.0 Å². The van der Waals surface area contributed by atoms with Gasteiger partial charge >= 0.3 is 0 Å². The van der Waals surface area contributed by atoms with Gasteiger partial charge in [0, 0.05) is 25.6 Å². The number of carbonyl (C=O) groups is 1. The van der Waals surface area contributed by atoms with Crippen LogP contribution in [-0.4, -0.2) is 10.2 Å². The van der Waals surface area contributed by atoms with E-state index in [2.05, 4.69) is 15.9 Å². The summed E-state index contributed by atoms with van der Waals surface area (Å²) in [4.78, 5) is 15.3. The van der Waals surface area contributed by atoms with Crippen LogP contribution >= 0.6 is 63.1 Å². The highest BCUT2D eigenvalue weighted by Gasteiger charge is 2.34. The zero-order valence-corrected chi connectivity index (χ0v) is 21.5. The number of rotatable bonds is 5. The monoisotopic (exact) mass is 563 g/mol. The minimum Gasteiger partial charge on any atom is -0.488 e. The highest BCUT2D eigenvalue weighted by atomic mass is 79.9. The van der Waals surface area contributed by atoms with Gasteiger partial charge in [0.1, 0.15) is 12.4 Å². The highest BCUT2D eigenvalue weighted by molar-refractivity contribution is 9.10. The van der Waals surface area contributed by atoms with E-state index in [1.165, 1.54) is 11.8 Å². The molecule has 0 N–H and O–H groups in total. The van der Waals surface area contributed by atoms with Crippen molar-refractivity contribution >= 4 is 85.1 Å². The Morgan fingerprint density at radius 3 is 2.66 bits per heavy atom. The molecular weight excluding hydrogens is 549 g/mol. The minimum atomic E-state index is -0.152. The van der Waals surface area contributed by atoms with Crippen molar-refractivity contribution in [1.82, 2.24) is 0 Å². The summed E-state index contributed by atoms with van der Waals surface area (Å²) >= 11 is 22.5. The Hall–Kier alpha value is -1.83. The van der Waals surface area contributed by atoms with Crippen LogP contribution < -0.4 is 9.64 Å². The molecule has 0 saturated carbocycles. The molecule has 4 rings (SSSR count). The number of thiocarbonyl (C=S) groups is 1. The number of nitrogens with zero attached hydrogens (tertiary/aromatic N) is 1. The molecule has 1 aliphatic rings. The number of ether oxygens (including phenoxy) is 1. The van der Waals surface area contributed by atoms with Gasteiger partial charge in [0.05, 0.1) is 10.6 Å². The first-order valence-electron chi connectivity index (χ1n) is 9.53. The quantitative estimate of drug-likeness (QED) is 0.231. The van der Waals surface area contributed by atoms with Gasteiger partial charge in [-0.15, -0.1) is 0 Å². The van der Waals surface area contributed by atoms with Crippen molar-refractivity contribution in [3.63, 3.8) is 0 Å². The van der Waals surface area contributed by atoms with Crippen molar-refractivity contribution in [2.75, 3.05) is 4.90 Å². The lowest BCUT2D eigenvalue weighted by Gasteiger charge is -2.16. The molecule has 0 radical (unpaired) electrons. The minimum absolute atomic E-state index is 0.152. The van der Waals surface area contributed by atoms with E-state index < -0.39 is 0 Å². The molecule has 1 aliphatic heterocycles. The summed E-state index contributed by atoms with van der Waals surface area (Å²) in [6.07, 6.45) is 1.81. The predicted octanol–water partition coefficient (Wildman–Crippen LogP) is 8.05. The lowest BCUT2D eigenvalue weighted by molar-refractivity contribution is -0.113. The molecular formula is C24H16BrCl2NO2S2. The van der Waals surface area contributed by atoms with E-state index >= 15 is 0 Å². The smallest absolute Gasteiger partial charge is 0.270 e. The fourth-order valence-electron chi connectivity index (χ4n) is 3.19. The molecule has 3 aromatic rings. The van der Waals surface area contributed by atoms with Crippen molar-refractivity contribution in [1.29, 1.82) is 0 Å². The maximum absolute atomic E-state index is 13.2. The third-order valence-corrected chi connectivity index (χ3v) is 7.19. The largest absolute Gasteiger partial charge is 0.488 e. The fourth-order valence-corrected chi connectivity index (χ4v) is 5.31. The maximum Gasteiger partial charge on any atom is 0.270 e. The summed E-state index contributed by atoms with van der Waals surface area (Å²) in [5, 5.41) is 1.11. The summed E-state index contributed by atoms with van der Waals surface area (Å²) in [7, 11) is 0. The third kappa shape index (κ3) is 5.05. The number of hydrogen-bond acceptors (Lipinski definition) is 4. The lowest BCUT2D eigenvalue weighted by Crippen LogP contribution is -2.28. The second-order valence-electron chi connectivity index (χ2n) is 7.01. The molecule has 3 nitrogen and oxygen atoms in total. The fraction of sp³-hybridized carbons (Fsp3) is 0.0833. The zero-order chi connectivity index (χ0) is 22.8. The van der Waals surface area contributed by atoms with Crippen LogP contribution in [0.5, 0.6) is 5.75 Å². The molecule has 0 bridgehead atoms. The standard InChI is InChI=1S/C24H16BrCl2NO2S2/c1-14-4-2-3-5-20(14)28-23(29)22(32-24(28)31)11-16-10-17(25)7-9-21(16)30-13-15-6-8-18(26)12-19(15)27/h2-12H,13H2,1H3/b22-11+. The van der Waals surface area contributed by atoms with Gasteiger partial charge in [0.25, 0.3) is 5.91 Å². The SMILES string of the molecule is Cc1ccccc1N1C(=O)/C(=C\c2cc(Br)ccc2OCc2ccc(Cl)cc2Cl)SC1=S. The molecule has 0 aliphatic carbocycles. The van der Waals surface area contributed by atoms with Crippen molar-refractivity contribution in [2.24, 2.45) is 0 Å². The topological polar surface area (TPSA) is 29.5 Å². The van der Waals surface area contributed by atoms with Crippen LogP contribution in [-0.2, 0) is 11.4 Å². The number of benzene rings is 3. The molecule has 3 aromatic carbocycles. The number of anilines is 1. The number of aryl methyl sites for hydroxylation is 1. The Bertz CT molecular complexity index is 1260. The van der Waals surface area contributed by atoms with Gasteiger partial charge in [-0.3, -0.25) is 9.69 Å². The molecule has 1 heterocycles. The molecule has 32 heavy (non-hydrogen) atoms. The summed E-state index contributed by atoms with van der Waals surface area (Å²) in [5.74, 6) is 0.473. The highest BCUT2D eigenvalue weighted by Crippen LogP contribution is 2.38. The van der Waals surface area contributed by atoms with Crippen molar-refractivity contribution in [3.05, 3.63) is 96.8 Å². The van der Waals surface area contributed by atoms with Gasteiger partial charge in [-0.1, -0.05) is 87.4 Å². The lowest BCUT2D eigenvalue weighted by atomic mass is 10.1. The van der Waals surface area contributed by atoms with E-state index in [0.29, 0.717) is 25.0 Å². The van der Waals surface area contributed by atoms with Gasteiger partial charge in [-0.2, -0.15) is 0 Å². The Morgan fingerprint density at radius 1 is 1.12 bits per heavy atom. The number of amides is 1. The Kier molecular flexibility index (Phi) is 7.27. The van der Waals surface area contributed by atoms with Crippen LogP contribution in [0.15, 0.2) is 70.0 Å². The molecule has 1 fully saturated rings. The van der Waals surface area contributed by atoms with Gasteiger partial charge in [0.2, 0.25) is 0 Å². The van der Waals surface area contributed by atoms with Crippen molar-refractivity contribution < 1.29 is 9.53 Å². The molecule has 162 valence electrons. The Balaban J connectivity index is 1.62. The molecule has 0 unspecified atom stereocenters. The summed E-state index contributed by atoms with van der Waals surface area (Å²) in [6.45, 7) is 2.22. The van der Waals surface area contributed by atoms with Gasteiger partial charge in [-0.25, -0.2) is 0 Å². The van der Waals surface area contributed by atoms with Crippen molar-refractivity contribution in [2.45, 2.75) is 13.5 Å². The molecule has 0 atom stereocenters. The maximum atomic E-state index is 13.2. The molecule has 1 amide bonds. The first-order valence-corrected chi connectivity index (χ1v) is 12.3. The van der Waals surface area contributed by atoms with Gasteiger partial charge in [0.15, 0.2) is 4.32 Å². The Labute approximate surface area is 214 Å². The first kappa shape index (κ1) is 23.3. The van der Waals surface area contributed by atoms with E-state index in [9.17, 15) is 4.79 Å². The number of halogens is 3. The molecule has 0 aromatic heterocycles. The van der Waals surface area contributed by atoms with Crippen LogP contribution in [0, 0.1) is 6.92 Å². The van der Waals surface area contributed by atoms with Crippen LogP contribution in [0.1, 0.15) is 16.7 Å². The second kappa shape index (κ2) is 9.98. The van der Waals surface area contributed by atoms with E-state index in [0.717, 1.165) is 26.9 Å².